The molecule has 0 bridgehead atoms. The Morgan fingerprint density at radius 2 is 0.942 bits per heavy atom. The molecule has 4 aromatic carbocycles. The van der Waals surface area contributed by atoms with Crippen LogP contribution in [-0.4, -0.2) is 48.6 Å². The number of halogens is 6. The van der Waals surface area contributed by atoms with Crippen molar-refractivity contribution in [3.63, 3.8) is 0 Å². The number of rotatable bonds is 17. The Morgan fingerprint density at radius 3 is 1.27 bits per heavy atom. The summed E-state index contributed by atoms with van der Waals surface area (Å²) in [5, 5.41) is 17.5. The summed E-state index contributed by atoms with van der Waals surface area (Å²) in [5.74, 6) is -0.698. The number of benzene rings is 4. The highest BCUT2D eigenvalue weighted by Crippen LogP contribution is 2.39. The average Bonchev–Trinajstić information content (AvgIpc) is 3.07. The molecule has 278 valence electrons. The molecule has 0 aromatic heterocycles. The molecule has 0 unspecified atom stereocenters. The van der Waals surface area contributed by atoms with Crippen molar-refractivity contribution in [1.82, 2.24) is 0 Å². The van der Waals surface area contributed by atoms with Gasteiger partial charge in [0.2, 0.25) is 0 Å². The monoisotopic (exact) mass is 734 g/mol. The number of hydrogen-bond donors (Lipinski definition) is 2. The van der Waals surface area contributed by atoms with Gasteiger partial charge in [0, 0.05) is 0 Å². The largest absolute Gasteiger partial charge is 0.494 e. The minimum Gasteiger partial charge on any atom is -0.494 e. The Labute approximate surface area is 295 Å². The predicted molar refractivity (Wildman–Crippen MR) is 178 cm³/mol. The van der Waals surface area contributed by atoms with Gasteiger partial charge in [-0.2, -0.15) is 26.3 Å². The molecule has 0 aliphatic rings. The summed E-state index contributed by atoms with van der Waals surface area (Å²) in [6.45, 7) is 2.51. The van der Waals surface area contributed by atoms with Crippen LogP contribution in [0.4, 0.5) is 26.3 Å². The minimum atomic E-state index is -4.76. The number of carboxylic acids is 2. The summed E-state index contributed by atoms with van der Waals surface area (Å²) in [5.41, 5.74) is -0.757. The van der Waals surface area contributed by atoms with Gasteiger partial charge in [-0.1, -0.05) is 24.3 Å². The fourth-order valence-corrected chi connectivity index (χ4v) is 5.41. The molecule has 14 heteroatoms. The third-order valence-corrected chi connectivity index (χ3v) is 7.88. The van der Waals surface area contributed by atoms with Gasteiger partial charge >= 0.3 is 24.3 Å². The Bertz CT molecular complexity index is 1730. The first kappa shape index (κ1) is 39.4. The number of alkyl halides is 6. The van der Waals surface area contributed by atoms with Crippen LogP contribution in [-0.2, 0) is 34.8 Å². The lowest BCUT2D eigenvalue weighted by atomic mass is 9.93. The molecule has 0 saturated carbocycles. The maximum atomic E-state index is 14.1. The molecule has 2 N–H and O–H groups in total. The summed E-state index contributed by atoms with van der Waals surface area (Å²) >= 11 is 0. The summed E-state index contributed by atoms with van der Waals surface area (Å²) in [7, 11) is 0. The van der Waals surface area contributed by atoms with Crippen molar-refractivity contribution in [2.75, 3.05) is 26.4 Å². The van der Waals surface area contributed by atoms with Crippen molar-refractivity contribution in [1.29, 1.82) is 0 Å². The molecular weight excluding hydrogens is 698 g/mol. The van der Waals surface area contributed by atoms with Gasteiger partial charge in [-0.15, -0.1) is 0 Å². The Hall–Kier alpha value is -5.40. The number of carbonyl (C=O) groups is 2. The van der Waals surface area contributed by atoms with Crippen LogP contribution in [0, 0.1) is 13.8 Å². The lowest BCUT2D eigenvalue weighted by molar-refractivity contribution is -0.140. The van der Waals surface area contributed by atoms with E-state index in [-0.39, 0.29) is 61.2 Å². The number of aliphatic carboxylic acids is 2. The molecule has 8 nitrogen and oxygen atoms in total. The van der Waals surface area contributed by atoms with Crippen LogP contribution in [0.2, 0.25) is 0 Å². The normalized spacial score (nSPS) is 11.6. The van der Waals surface area contributed by atoms with Crippen molar-refractivity contribution in [2.24, 2.45) is 0 Å². The fourth-order valence-electron chi connectivity index (χ4n) is 5.41. The van der Waals surface area contributed by atoms with E-state index in [1.54, 1.807) is 38.1 Å². The molecule has 0 saturated heterocycles. The van der Waals surface area contributed by atoms with Crippen LogP contribution in [0.1, 0.15) is 46.2 Å². The van der Waals surface area contributed by atoms with E-state index in [1.165, 1.54) is 36.4 Å². The zero-order valence-corrected chi connectivity index (χ0v) is 28.2. The van der Waals surface area contributed by atoms with Gasteiger partial charge in [0.05, 0.1) is 24.3 Å². The van der Waals surface area contributed by atoms with E-state index < -0.39 is 48.6 Å². The Kier molecular flexibility index (Phi) is 13.0. The van der Waals surface area contributed by atoms with Crippen molar-refractivity contribution in [3.8, 4) is 34.1 Å². The first-order valence-electron chi connectivity index (χ1n) is 16.1. The van der Waals surface area contributed by atoms with Gasteiger partial charge in [-0.3, -0.25) is 0 Å². The van der Waals surface area contributed by atoms with E-state index in [0.717, 1.165) is 12.1 Å². The van der Waals surface area contributed by atoms with E-state index in [4.69, 9.17) is 29.2 Å². The standard InChI is InChI=1S/C38H36F6O8/c1-23-17-29(11-13-33(23)51-21-35(45)46)49-15-3-5-25-7-9-27(19-31(25)37(39,40)41)28-10-8-26(32(20-28)38(42,43)44)6-4-16-50-30-12-14-34(24(2)18-30)52-22-36(47)48/h7-14,17-20H,3-6,15-16,21-22H2,1-2H3,(H,45,46)(H,47,48). The minimum absolute atomic E-state index is 0.00899. The second-order valence-corrected chi connectivity index (χ2v) is 11.9. The molecule has 0 amide bonds. The quantitative estimate of drug-likeness (QED) is 0.0818. The lowest BCUT2D eigenvalue weighted by Crippen LogP contribution is -2.12. The van der Waals surface area contributed by atoms with Crippen LogP contribution in [0.3, 0.4) is 0 Å². The van der Waals surface area contributed by atoms with Crippen LogP contribution in [0.25, 0.3) is 11.1 Å². The van der Waals surface area contributed by atoms with E-state index in [1.807, 2.05) is 0 Å². The lowest BCUT2D eigenvalue weighted by Gasteiger charge is -2.18. The van der Waals surface area contributed by atoms with Crippen LogP contribution in [0.5, 0.6) is 23.0 Å². The van der Waals surface area contributed by atoms with Gasteiger partial charge in [-0.05, 0) is 121 Å². The first-order chi connectivity index (χ1) is 24.5. The SMILES string of the molecule is Cc1cc(OCCCc2ccc(-c3ccc(CCCOc4ccc(OCC(=O)O)c(C)c4)c(C(F)(F)F)c3)cc2C(F)(F)F)ccc1OCC(=O)O. The van der Waals surface area contributed by atoms with Gasteiger partial charge in [0.15, 0.2) is 13.2 Å². The smallest absolute Gasteiger partial charge is 0.416 e. The van der Waals surface area contributed by atoms with E-state index in [9.17, 15) is 35.9 Å². The van der Waals surface area contributed by atoms with Crippen LogP contribution in [0.15, 0.2) is 72.8 Å². The fraction of sp³-hybridized carbons (Fsp3) is 0.316. The molecule has 4 aromatic rings. The highest BCUT2D eigenvalue weighted by molar-refractivity contribution is 5.69. The number of aryl methyl sites for hydroxylation is 4. The average molecular weight is 735 g/mol. The molecule has 0 heterocycles. The molecular formula is C38H36F6O8. The summed E-state index contributed by atoms with van der Waals surface area (Å²) < 4.78 is 107. The van der Waals surface area contributed by atoms with Crippen molar-refractivity contribution >= 4 is 11.9 Å². The molecule has 52 heavy (non-hydrogen) atoms. The van der Waals surface area contributed by atoms with Crippen LogP contribution >= 0.6 is 0 Å². The summed E-state index contributed by atoms with van der Waals surface area (Å²) in [6, 6.07) is 16.4. The highest BCUT2D eigenvalue weighted by Gasteiger charge is 2.35. The first-order valence-corrected chi connectivity index (χ1v) is 16.1. The molecule has 0 aliphatic heterocycles. The maximum absolute atomic E-state index is 14.1. The number of ether oxygens (including phenoxy) is 4. The third-order valence-electron chi connectivity index (χ3n) is 7.88. The molecule has 0 fully saturated rings. The highest BCUT2D eigenvalue weighted by atomic mass is 19.4. The second kappa shape index (κ2) is 17.2. The Balaban J connectivity index is 1.40. The van der Waals surface area contributed by atoms with E-state index >= 15 is 0 Å². The second-order valence-electron chi connectivity index (χ2n) is 11.9. The number of hydrogen-bond acceptors (Lipinski definition) is 6. The predicted octanol–water partition coefficient (Wildman–Crippen LogP) is 8.96. The summed E-state index contributed by atoms with van der Waals surface area (Å²) in [6.07, 6.45) is -9.11. The van der Waals surface area contributed by atoms with Gasteiger partial charge in [0.1, 0.15) is 23.0 Å². The van der Waals surface area contributed by atoms with Gasteiger partial charge < -0.3 is 29.2 Å². The van der Waals surface area contributed by atoms with Crippen LogP contribution < -0.4 is 18.9 Å². The third kappa shape index (κ3) is 11.3. The molecule has 0 atom stereocenters. The van der Waals surface area contributed by atoms with Crippen molar-refractivity contribution < 1.29 is 65.1 Å². The topological polar surface area (TPSA) is 112 Å². The van der Waals surface area contributed by atoms with E-state index in [2.05, 4.69) is 0 Å². The Morgan fingerprint density at radius 1 is 0.558 bits per heavy atom. The molecule has 0 radical (unpaired) electrons. The zero-order chi connectivity index (χ0) is 38.1. The maximum Gasteiger partial charge on any atom is 0.416 e. The molecule has 0 aliphatic carbocycles. The van der Waals surface area contributed by atoms with Gasteiger partial charge in [-0.25, -0.2) is 9.59 Å². The molecule has 0 spiro atoms. The van der Waals surface area contributed by atoms with Crippen molar-refractivity contribution in [2.45, 2.75) is 51.9 Å². The molecule has 4 rings (SSSR count). The zero-order valence-electron chi connectivity index (χ0n) is 28.2. The van der Waals surface area contributed by atoms with E-state index in [0.29, 0.717) is 34.1 Å². The van der Waals surface area contributed by atoms with Crippen molar-refractivity contribution in [3.05, 3.63) is 106 Å². The summed E-state index contributed by atoms with van der Waals surface area (Å²) in [4.78, 5) is 21.4. The van der Waals surface area contributed by atoms with Gasteiger partial charge in [0.25, 0.3) is 0 Å². The number of carboxylic acid groups (broad SMARTS) is 2.